The van der Waals surface area contributed by atoms with Gasteiger partial charge in [0.2, 0.25) is 0 Å². The van der Waals surface area contributed by atoms with Gasteiger partial charge in [0.25, 0.3) is 0 Å². The van der Waals surface area contributed by atoms with Gasteiger partial charge in [0.05, 0.1) is 5.02 Å². The average molecular weight is 328 g/mol. The number of benzene rings is 1. The van der Waals surface area contributed by atoms with Crippen LogP contribution in [-0.2, 0) is 5.75 Å². The fourth-order valence-corrected chi connectivity index (χ4v) is 2.94. The van der Waals surface area contributed by atoms with Gasteiger partial charge in [-0.15, -0.1) is 11.8 Å². The standard InChI is InChI=1S/C13H11Cl2N3OS/c14-9-1-2-10(15)12(6-9)20-7-8-3-4-17-11(5-8)13(16)18-19/h1-6,19H,7H2,(H2,16,18). The van der Waals surface area contributed by atoms with Crippen LogP contribution in [0, 0.1) is 0 Å². The number of aromatic nitrogens is 1. The molecule has 1 aromatic carbocycles. The summed E-state index contributed by atoms with van der Waals surface area (Å²) < 4.78 is 0. The molecule has 0 bridgehead atoms. The number of nitrogens with two attached hydrogens (primary N) is 1. The maximum atomic E-state index is 8.64. The van der Waals surface area contributed by atoms with Crippen LogP contribution in [0.4, 0.5) is 0 Å². The Hall–Kier alpha value is -1.43. The molecule has 0 saturated carbocycles. The Morgan fingerprint density at radius 2 is 2.10 bits per heavy atom. The van der Waals surface area contributed by atoms with E-state index in [4.69, 9.17) is 34.1 Å². The van der Waals surface area contributed by atoms with Crippen LogP contribution in [0.1, 0.15) is 11.3 Å². The molecular weight excluding hydrogens is 317 g/mol. The van der Waals surface area contributed by atoms with Gasteiger partial charge in [-0.3, -0.25) is 4.98 Å². The van der Waals surface area contributed by atoms with E-state index in [9.17, 15) is 0 Å². The van der Waals surface area contributed by atoms with Crippen molar-refractivity contribution >= 4 is 40.8 Å². The second kappa shape index (κ2) is 6.83. The summed E-state index contributed by atoms with van der Waals surface area (Å²) in [5.74, 6) is 0.659. The SMILES string of the molecule is NC(=NO)c1cc(CSc2cc(Cl)ccc2Cl)ccn1. The molecule has 3 N–H and O–H groups in total. The second-order valence-corrected chi connectivity index (χ2v) is 5.76. The van der Waals surface area contributed by atoms with Crippen LogP contribution in [0.15, 0.2) is 46.6 Å². The molecule has 1 aromatic heterocycles. The first-order valence-corrected chi connectivity index (χ1v) is 7.35. The summed E-state index contributed by atoms with van der Waals surface area (Å²) in [7, 11) is 0. The fourth-order valence-electron chi connectivity index (χ4n) is 1.50. The minimum Gasteiger partial charge on any atom is -0.409 e. The van der Waals surface area contributed by atoms with Gasteiger partial charge < -0.3 is 10.9 Å². The molecule has 0 unspecified atom stereocenters. The summed E-state index contributed by atoms with van der Waals surface area (Å²) in [6.07, 6.45) is 1.61. The quantitative estimate of drug-likeness (QED) is 0.295. The number of rotatable bonds is 4. The highest BCUT2D eigenvalue weighted by molar-refractivity contribution is 7.98. The van der Waals surface area contributed by atoms with Crippen LogP contribution in [-0.4, -0.2) is 16.0 Å². The smallest absolute Gasteiger partial charge is 0.188 e. The van der Waals surface area contributed by atoms with Crippen LogP contribution < -0.4 is 5.73 Å². The lowest BCUT2D eigenvalue weighted by Gasteiger charge is -2.06. The van der Waals surface area contributed by atoms with Crippen molar-refractivity contribution < 1.29 is 5.21 Å². The molecule has 0 spiro atoms. The topological polar surface area (TPSA) is 71.5 Å². The second-order valence-electron chi connectivity index (χ2n) is 3.90. The van der Waals surface area contributed by atoms with E-state index < -0.39 is 0 Å². The highest BCUT2D eigenvalue weighted by Crippen LogP contribution is 2.31. The Kier molecular flexibility index (Phi) is 5.11. The number of hydrogen-bond donors (Lipinski definition) is 2. The van der Waals surface area contributed by atoms with Gasteiger partial charge in [0.1, 0.15) is 5.69 Å². The number of pyridine rings is 1. The van der Waals surface area contributed by atoms with Crippen molar-refractivity contribution in [2.24, 2.45) is 10.9 Å². The largest absolute Gasteiger partial charge is 0.409 e. The van der Waals surface area contributed by atoms with E-state index in [-0.39, 0.29) is 5.84 Å². The number of nitrogens with zero attached hydrogens (tertiary/aromatic N) is 2. The molecule has 0 atom stereocenters. The summed E-state index contributed by atoms with van der Waals surface area (Å²) >= 11 is 13.6. The maximum absolute atomic E-state index is 8.64. The first-order chi connectivity index (χ1) is 9.60. The van der Waals surface area contributed by atoms with Gasteiger partial charge in [-0.2, -0.15) is 0 Å². The van der Waals surface area contributed by atoms with Crippen LogP contribution in [0.25, 0.3) is 0 Å². The third-order valence-corrected chi connectivity index (χ3v) is 4.29. The highest BCUT2D eigenvalue weighted by Gasteiger charge is 2.05. The van der Waals surface area contributed by atoms with Crippen molar-refractivity contribution in [3.63, 3.8) is 0 Å². The minimum absolute atomic E-state index is 0.0161. The first-order valence-electron chi connectivity index (χ1n) is 5.61. The Balaban J connectivity index is 2.13. The molecule has 0 radical (unpaired) electrons. The minimum atomic E-state index is -0.0161. The lowest BCUT2D eigenvalue weighted by molar-refractivity contribution is 0.318. The monoisotopic (exact) mass is 327 g/mol. The van der Waals surface area contributed by atoms with Gasteiger partial charge in [-0.05, 0) is 35.9 Å². The van der Waals surface area contributed by atoms with Crippen LogP contribution in [0.3, 0.4) is 0 Å². The molecular formula is C13H11Cl2N3OS. The van der Waals surface area contributed by atoms with E-state index in [1.54, 1.807) is 36.2 Å². The molecule has 2 rings (SSSR count). The van der Waals surface area contributed by atoms with Crippen molar-refractivity contribution in [2.75, 3.05) is 0 Å². The third kappa shape index (κ3) is 3.79. The summed E-state index contributed by atoms with van der Waals surface area (Å²) in [6.45, 7) is 0. The molecule has 0 aliphatic carbocycles. The molecule has 2 aromatic rings. The number of thioether (sulfide) groups is 1. The maximum Gasteiger partial charge on any atom is 0.188 e. The van der Waals surface area contributed by atoms with Crippen molar-refractivity contribution in [1.82, 2.24) is 4.98 Å². The van der Waals surface area contributed by atoms with E-state index in [0.717, 1.165) is 10.5 Å². The molecule has 4 nitrogen and oxygen atoms in total. The number of oxime groups is 1. The number of halogens is 2. The van der Waals surface area contributed by atoms with E-state index in [1.807, 2.05) is 12.1 Å². The van der Waals surface area contributed by atoms with Crippen molar-refractivity contribution in [3.05, 3.63) is 57.8 Å². The summed E-state index contributed by atoms with van der Waals surface area (Å²) in [5.41, 5.74) is 6.93. The van der Waals surface area contributed by atoms with E-state index in [0.29, 0.717) is 21.5 Å². The van der Waals surface area contributed by atoms with Gasteiger partial charge in [-0.1, -0.05) is 28.4 Å². The zero-order valence-corrected chi connectivity index (χ0v) is 12.6. The summed E-state index contributed by atoms with van der Waals surface area (Å²) in [6, 6.07) is 8.96. The lowest BCUT2D eigenvalue weighted by Crippen LogP contribution is -2.15. The van der Waals surface area contributed by atoms with E-state index >= 15 is 0 Å². The molecule has 1 heterocycles. The predicted octanol–water partition coefficient (Wildman–Crippen LogP) is 3.78. The molecule has 0 saturated heterocycles. The molecule has 7 heteroatoms. The van der Waals surface area contributed by atoms with Gasteiger partial charge in [0, 0.05) is 21.9 Å². The van der Waals surface area contributed by atoms with Gasteiger partial charge in [-0.25, -0.2) is 0 Å². The average Bonchev–Trinajstić information content (AvgIpc) is 2.47. The van der Waals surface area contributed by atoms with Crippen LogP contribution in [0.5, 0.6) is 0 Å². The molecule has 104 valence electrons. The molecule has 0 aliphatic heterocycles. The normalized spacial score (nSPS) is 11.6. The Bertz CT molecular complexity index is 649. The zero-order valence-electron chi connectivity index (χ0n) is 10.3. The number of hydrogen-bond acceptors (Lipinski definition) is 4. The number of amidine groups is 1. The van der Waals surface area contributed by atoms with E-state index in [1.165, 1.54) is 0 Å². The van der Waals surface area contributed by atoms with Crippen LogP contribution in [0.2, 0.25) is 10.0 Å². The van der Waals surface area contributed by atoms with Crippen LogP contribution >= 0.6 is 35.0 Å². The summed E-state index contributed by atoms with van der Waals surface area (Å²) in [4.78, 5) is 4.93. The molecule has 0 aliphatic rings. The van der Waals surface area contributed by atoms with Gasteiger partial charge >= 0.3 is 0 Å². The predicted molar refractivity (Wildman–Crippen MR) is 82.8 cm³/mol. The summed E-state index contributed by atoms with van der Waals surface area (Å²) in [5, 5.41) is 12.9. The van der Waals surface area contributed by atoms with E-state index in [2.05, 4.69) is 10.1 Å². The van der Waals surface area contributed by atoms with Gasteiger partial charge in [0.15, 0.2) is 5.84 Å². The Labute approximate surface area is 130 Å². The Morgan fingerprint density at radius 1 is 1.30 bits per heavy atom. The molecule has 0 fully saturated rings. The molecule has 0 amide bonds. The third-order valence-electron chi connectivity index (χ3n) is 2.48. The van der Waals surface area contributed by atoms with Crippen molar-refractivity contribution in [1.29, 1.82) is 0 Å². The lowest BCUT2D eigenvalue weighted by atomic mass is 10.2. The first kappa shape index (κ1) is 15.0. The van der Waals surface area contributed by atoms with Crippen molar-refractivity contribution in [2.45, 2.75) is 10.6 Å². The highest BCUT2D eigenvalue weighted by atomic mass is 35.5. The Morgan fingerprint density at radius 3 is 2.85 bits per heavy atom. The van der Waals surface area contributed by atoms with Crippen molar-refractivity contribution in [3.8, 4) is 0 Å². The zero-order chi connectivity index (χ0) is 14.5. The fraction of sp³-hybridized carbons (Fsp3) is 0.0769. The molecule has 20 heavy (non-hydrogen) atoms.